The molecule has 2 aromatic rings. The van der Waals surface area contributed by atoms with E-state index >= 15 is 0 Å². The van der Waals surface area contributed by atoms with Crippen LogP contribution in [0.4, 0.5) is 8.78 Å². The Bertz CT molecular complexity index is 549. The molecular weight excluding hydrogens is 214 g/mol. The van der Waals surface area contributed by atoms with Crippen LogP contribution in [0.5, 0.6) is 0 Å². The van der Waals surface area contributed by atoms with E-state index < -0.39 is 11.6 Å². The van der Waals surface area contributed by atoms with Crippen LogP contribution in [-0.4, -0.2) is 16.1 Å². The van der Waals surface area contributed by atoms with Crippen LogP contribution in [-0.2, 0) is 0 Å². The summed E-state index contributed by atoms with van der Waals surface area (Å²) in [6.45, 7) is 1.62. The number of hydrogen-bond acceptors (Lipinski definition) is 2. The number of carbonyl (C=O) groups excluding carboxylic acids is 1. The van der Waals surface area contributed by atoms with Gasteiger partial charge in [0.15, 0.2) is 6.29 Å². The Morgan fingerprint density at radius 3 is 2.75 bits per heavy atom. The highest BCUT2D eigenvalue weighted by Gasteiger charge is 2.10. The maximum absolute atomic E-state index is 13.4. The van der Waals surface area contributed by atoms with Crippen molar-refractivity contribution < 1.29 is 13.6 Å². The molecule has 3 nitrogen and oxygen atoms in total. The second-order valence-corrected chi connectivity index (χ2v) is 3.33. The van der Waals surface area contributed by atoms with Crippen molar-refractivity contribution in [3.8, 4) is 5.69 Å². The Hall–Kier alpha value is -2.04. The lowest BCUT2D eigenvalue weighted by atomic mass is 10.3. The van der Waals surface area contributed by atoms with Crippen LogP contribution in [0.25, 0.3) is 5.69 Å². The highest BCUT2D eigenvalue weighted by Crippen LogP contribution is 2.15. The Morgan fingerprint density at radius 1 is 1.38 bits per heavy atom. The summed E-state index contributed by atoms with van der Waals surface area (Å²) in [4.78, 5) is 10.6. The van der Waals surface area contributed by atoms with E-state index in [1.807, 2.05) is 0 Å². The molecule has 16 heavy (non-hydrogen) atoms. The average Bonchev–Trinajstić information content (AvgIpc) is 2.63. The second kappa shape index (κ2) is 3.84. The van der Waals surface area contributed by atoms with Gasteiger partial charge in [-0.15, -0.1) is 0 Å². The summed E-state index contributed by atoms with van der Waals surface area (Å²) in [6.07, 6.45) is 1.98. The fraction of sp³-hybridized carbons (Fsp3) is 0.0909. The molecule has 1 aromatic heterocycles. The monoisotopic (exact) mass is 222 g/mol. The normalized spacial score (nSPS) is 10.4. The maximum atomic E-state index is 13.4. The highest BCUT2D eigenvalue weighted by atomic mass is 19.1. The molecule has 0 fully saturated rings. The molecule has 0 saturated carbocycles. The van der Waals surface area contributed by atoms with Crippen molar-refractivity contribution in [1.82, 2.24) is 9.78 Å². The topological polar surface area (TPSA) is 34.9 Å². The van der Waals surface area contributed by atoms with Gasteiger partial charge in [-0.3, -0.25) is 4.79 Å². The fourth-order valence-corrected chi connectivity index (χ4v) is 1.37. The van der Waals surface area contributed by atoms with Crippen molar-refractivity contribution in [3.05, 3.63) is 47.3 Å². The van der Waals surface area contributed by atoms with Crippen molar-refractivity contribution in [3.63, 3.8) is 0 Å². The zero-order valence-corrected chi connectivity index (χ0v) is 8.45. The number of aromatic nitrogens is 2. The molecule has 0 aliphatic heterocycles. The number of hydrogen-bond donors (Lipinski definition) is 0. The first-order valence-electron chi connectivity index (χ1n) is 4.58. The first kappa shape index (κ1) is 10.5. The Balaban J connectivity index is 2.57. The summed E-state index contributed by atoms with van der Waals surface area (Å²) in [7, 11) is 0. The van der Waals surface area contributed by atoms with Gasteiger partial charge in [0.05, 0.1) is 11.3 Å². The average molecular weight is 222 g/mol. The van der Waals surface area contributed by atoms with Gasteiger partial charge in [-0.1, -0.05) is 0 Å². The second-order valence-electron chi connectivity index (χ2n) is 3.33. The van der Waals surface area contributed by atoms with E-state index in [2.05, 4.69) is 5.10 Å². The minimum atomic E-state index is -0.596. The van der Waals surface area contributed by atoms with E-state index in [0.717, 1.165) is 22.9 Å². The lowest BCUT2D eigenvalue weighted by molar-refractivity contribution is 0.112. The summed E-state index contributed by atoms with van der Waals surface area (Å²) >= 11 is 0. The summed E-state index contributed by atoms with van der Waals surface area (Å²) in [5.41, 5.74) is 0.804. The number of nitrogens with zero attached hydrogens (tertiary/aromatic N) is 2. The summed E-state index contributed by atoms with van der Waals surface area (Å²) in [5.74, 6) is -1.15. The zero-order valence-electron chi connectivity index (χ0n) is 8.45. The molecule has 0 bridgehead atoms. The molecule has 0 atom stereocenters. The van der Waals surface area contributed by atoms with E-state index in [1.54, 1.807) is 6.92 Å². The molecule has 0 aliphatic carbocycles. The SMILES string of the molecule is Cc1nn(-c2cc(F)ccc2F)cc1C=O. The molecule has 1 heterocycles. The number of aryl methyl sites for hydroxylation is 1. The molecule has 0 N–H and O–H groups in total. The third-order valence-electron chi connectivity index (χ3n) is 2.22. The maximum Gasteiger partial charge on any atom is 0.153 e. The molecular formula is C11H8F2N2O. The van der Waals surface area contributed by atoms with Gasteiger partial charge >= 0.3 is 0 Å². The molecule has 5 heteroatoms. The smallest absolute Gasteiger partial charge is 0.153 e. The van der Waals surface area contributed by atoms with Crippen molar-refractivity contribution in [2.24, 2.45) is 0 Å². The van der Waals surface area contributed by atoms with E-state index in [0.29, 0.717) is 17.5 Å². The van der Waals surface area contributed by atoms with Gasteiger partial charge in [0.25, 0.3) is 0 Å². The predicted molar refractivity (Wildman–Crippen MR) is 53.6 cm³/mol. The first-order chi connectivity index (χ1) is 7.61. The Labute approximate surface area is 90.3 Å². The van der Waals surface area contributed by atoms with Crippen LogP contribution in [0.3, 0.4) is 0 Å². The van der Waals surface area contributed by atoms with E-state index in [9.17, 15) is 13.6 Å². The van der Waals surface area contributed by atoms with Gasteiger partial charge in [-0.2, -0.15) is 5.10 Å². The van der Waals surface area contributed by atoms with Crippen molar-refractivity contribution in [2.45, 2.75) is 6.92 Å². The minimum absolute atomic E-state index is 0.0174. The minimum Gasteiger partial charge on any atom is -0.298 e. The van der Waals surface area contributed by atoms with Gasteiger partial charge in [0.1, 0.15) is 17.3 Å². The lowest BCUT2D eigenvalue weighted by Gasteiger charge is -2.02. The van der Waals surface area contributed by atoms with E-state index in [1.165, 1.54) is 6.20 Å². The molecule has 0 saturated heterocycles. The summed E-state index contributed by atoms with van der Waals surface area (Å²) in [5, 5.41) is 3.93. The zero-order chi connectivity index (χ0) is 11.7. The number of aldehydes is 1. The van der Waals surface area contributed by atoms with Gasteiger partial charge in [-0.05, 0) is 19.1 Å². The van der Waals surface area contributed by atoms with Crippen LogP contribution in [0.2, 0.25) is 0 Å². The molecule has 82 valence electrons. The van der Waals surface area contributed by atoms with E-state index in [-0.39, 0.29) is 5.69 Å². The fourth-order valence-electron chi connectivity index (χ4n) is 1.37. The van der Waals surface area contributed by atoms with Crippen molar-refractivity contribution in [2.75, 3.05) is 0 Å². The quantitative estimate of drug-likeness (QED) is 0.730. The number of carbonyl (C=O) groups is 1. The molecule has 0 amide bonds. The predicted octanol–water partition coefficient (Wildman–Crippen LogP) is 2.27. The van der Waals surface area contributed by atoms with Crippen LogP contribution >= 0.6 is 0 Å². The van der Waals surface area contributed by atoms with Gasteiger partial charge in [-0.25, -0.2) is 13.5 Å². The standard InChI is InChI=1S/C11H8F2N2O/c1-7-8(6-16)5-15(14-7)11-4-9(12)2-3-10(11)13/h2-6H,1H3. The largest absolute Gasteiger partial charge is 0.298 e. The molecule has 0 aliphatic rings. The third kappa shape index (κ3) is 1.71. The van der Waals surface area contributed by atoms with Gasteiger partial charge in [0.2, 0.25) is 0 Å². The van der Waals surface area contributed by atoms with Crippen molar-refractivity contribution in [1.29, 1.82) is 0 Å². The number of benzene rings is 1. The van der Waals surface area contributed by atoms with Gasteiger partial charge in [0, 0.05) is 12.3 Å². The molecule has 2 rings (SSSR count). The molecule has 0 unspecified atom stereocenters. The molecule has 0 spiro atoms. The number of rotatable bonds is 2. The van der Waals surface area contributed by atoms with Crippen LogP contribution in [0.15, 0.2) is 24.4 Å². The Kier molecular flexibility index (Phi) is 2.52. The lowest BCUT2D eigenvalue weighted by Crippen LogP contribution is -1.99. The molecule has 1 aromatic carbocycles. The van der Waals surface area contributed by atoms with Crippen molar-refractivity contribution >= 4 is 6.29 Å². The third-order valence-corrected chi connectivity index (χ3v) is 2.22. The van der Waals surface area contributed by atoms with Crippen LogP contribution < -0.4 is 0 Å². The summed E-state index contributed by atoms with van der Waals surface area (Å²) in [6, 6.07) is 3.06. The highest BCUT2D eigenvalue weighted by molar-refractivity contribution is 5.76. The number of halogens is 2. The molecule has 0 radical (unpaired) electrons. The Morgan fingerprint density at radius 2 is 2.12 bits per heavy atom. The van der Waals surface area contributed by atoms with Gasteiger partial charge < -0.3 is 0 Å². The first-order valence-corrected chi connectivity index (χ1v) is 4.58. The van der Waals surface area contributed by atoms with Crippen LogP contribution in [0, 0.1) is 18.6 Å². The van der Waals surface area contributed by atoms with Crippen LogP contribution in [0.1, 0.15) is 16.1 Å². The van der Waals surface area contributed by atoms with E-state index in [4.69, 9.17) is 0 Å². The summed E-state index contributed by atoms with van der Waals surface area (Å²) < 4.78 is 27.5.